The monoisotopic (exact) mass is 502 g/mol. The Morgan fingerprint density at radius 2 is 2.03 bits per heavy atom. The van der Waals surface area contributed by atoms with E-state index in [0.717, 1.165) is 0 Å². The predicted molar refractivity (Wildman–Crippen MR) is 125 cm³/mol. The Hall–Kier alpha value is -3.11. The number of nitrogens with zero attached hydrogens (tertiary/aromatic N) is 2. The molecule has 5 rings (SSSR count). The van der Waals surface area contributed by atoms with E-state index in [2.05, 4.69) is 10.6 Å². The number of carbonyl (C=O) groups excluding carboxylic acids is 4. The molecule has 35 heavy (non-hydrogen) atoms. The molecule has 1 aromatic rings. The molecule has 2 fully saturated rings. The number of ether oxygens (including phenoxy) is 2. The molecule has 4 amide bonds. The molecule has 0 aliphatic carbocycles. The molecule has 0 radical (unpaired) electrons. The highest BCUT2D eigenvalue weighted by molar-refractivity contribution is 6.31. The first-order valence-electron chi connectivity index (χ1n) is 11.7. The van der Waals surface area contributed by atoms with Gasteiger partial charge in [0, 0.05) is 25.2 Å². The van der Waals surface area contributed by atoms with Crippen molar-refractivity contribution < 1.29 is 28.7 Å². The second-order valence-electron chi connectivity index (χ2n) is 9.30. The molecule has 4 aliphatic rings. The van der Waals surface area contributed by atoms with Crippen molar-refractivity contribution in [1.29, 1.82) is 0 Å². The van der Waals surface area contributed by atoms with Crippen LogP contribution in [0, 0.1) is 11.8 Å². The number of likely N-dealkylation sites (N-methyl/N-ethyl adjacent to an activating group) is 1. The highest BCUT2D eigenvalue weighted by Crippen LogP contribution is 2.51. The van der Waals surface area contributed by atoms with E-state index in [0.29, 0.717) is 29.3 Å². The first kappa shape index (κ1) is 23.6. The van der Waals surface area contributed by atoms with Crippen LogP contribution in [0.15, 0.2) is 30.4 Å². The predicted octanol–water partition coefficient (Wildman–Crippen LogP) is 0.209. The van der Waals surface area contributed by atoms with Crippen LogP contribution in [0.2, 0.25) is 5.02 Å². The molecule has 11 heteroatoms. The van der Waals surface area contributed by atoms with Gasteiger partial charge in [-0.3, -0.25) is 19.2 Å². The van der Waals surface area contributed by atoms with Crippen LogP contribution in [-0.4, -0.2) is 91.5 Å². The van der Waals surface area contributed by atoms with Gasteiger partial charge in [-0.05, 0) is 24.6 Å². The molecule has 4 atom stereocenters. The minimum atomic E-state index is -0.776. The second kappa shape index (κ2) is 9.16. The lowest BCUT2D eigenvalue weighted by Crippen LogP contribution is -2.49. The standard InChI is InChI=1S/C24H27ClN4O6/c1-28-13-24-6-5-17(35-24)19(20(24)23(28)33)22(32)29-9-2-7-27-21(31)15-11-14(25)3-4-16(15)34-10-8-26-18(30)12-29/h3-6,11,17,19-20H,2,7-10,12-13H2,1H3,(H,26,30)(H,27,31)/t17-,19-,20+,24-/m0/s1. The number of rotatable bonds is 1. The minimum absolute atomic E-state index is 0.122. The molecule has 4 aliphatic heterocycles. The van der Waals surface area contributed by atoms with Crippen LogP contribution in [0.5, 0.6) is 5.75 Å². The van der Waals surface area contributed by atoms with Crippen LogP contribution >= 0.6 is 11.6 Å². The fourth-order valence-electron chi connectivity index (χ4n) is 5.40. The lowest BCUT2D eigenvalue weighted by atomic mass is 9.76. The molecule has 0 saturated carbocycles. The molecule has 2 bridgehead atoms. The van der Waals surface area contributed by atoms with Crippen molar-refractivity contribution in [2.75, 3.05) is 46.4 Å². The fraction of sp³-hybridized carbons (Fsp3) is 0.500. The summed E-state index contributed by atoms with van der Waals surface area (Å²) in [5.74, 6) is -1.99. The van der Waals surface area contributed by atoms with E-state index in [1.54, 1.807) is 24.1 Å². The maximum Gasteiger partial charge on any atom is 0.255 e. The molecule has 1 aromatic carbocycles. The second-order valence-corrected chi connectivity index (χ2v) is 9.74. The number of likely N-dealkylation sites (tertiary alicyclic amines) is 1. The van der Waals surface area contributed by atoms with Gasteiger partial charge in [0.05, 0.1) is 43.1 Å². The fourth-order valence-corrected chi connectivity index (χ4v) is 5.58. The number of amides is 4. The van der Waals surface area contributed by atoms with E-state index in [9.17, 15) is 19.2 Å². The zero-order chi connectivity index (χ0) is 24.7. The van der Waals surface area contributed by atoms with Crippen molar-refractivity contribution in [2.24, 2.45) is 11.8 Å². The average Bonchev–Trinajstić information content (AvgIpc) is 3.46. The molecule has 186 valence electrons. The molecular formula is C24H27ClN4O6. The number of carbonyl (C=O) groups is 4. The summed E-state index contributed by atoms with van der Waals surface area (Å²) in [7, 11) is 1.70. The highest BCUT2D eigenvalue weighted by Gasteiger charge is 2.66. The lowest BCUT2D eigenvalue weighted by molar-refractivity contribution is -0.144. The van der Waals surface area contributed by atoms with Gasteiger partial charge in [0.15, 0.2) is 0 Å². The highest BCUT2D eigenvalue weighted by atomic mass is 35.5. The van der Waals surface area contributed by atoms with E-state index in [4.69, 9.17) is 21.1 Å². The largest absolute Gasteiger partial charge is 0.491 e. The Labute approximate surface area is 207 Å². The summed E-state index contributed by atoms with van der Waals surface area (Å²) in [6, 6.07) is 4.77. The van der Waals surface area contributed by atoms with Crippen LogP contribution in [-0.2, 0) is 19.1 Å². The van der Waals surface area contributed by atoms with E-state index in [-0.39, 0.29) is 56.4 Å². The maximum atomic E-state index is 13.7. The zero-order valence-electron chi connectivity index (χ0n) is 19.3. The maximum absolute atomic E-state index is 13.7. The Morgan fingerprint density at radius 1 is 1.20 bits per heavy atom. The molecule has 0 unspecified atom stereocenters. The first-order valence-corrected chi connectivity index (χ1v) is 12.0. The third-order valence-electron chi connectivity index (χ3n) is 6.98. The van der Waals surface area contributed by atoms with Crippen molar-refractivity contribution in [3.63, 3.8) is 0 Å². The van der Waals surface area contributed by atoms with E-state index >= 15 is 0 Å². The van der Waals surface area contributed by atoms with Gasteiger partial charge in [-0.1, -0.05) is 23.8 Å². The minimum Gasteiger partial charge on any atom is -0.491 e. The van der Waals surface area contributed by atoms with E-state index < -0.39 is 23.5 Å². The SMILES string of the molecule is CN1C[C@]23C=C[C@H](O2)[C@H](C(=O)N2CCCNC(=O)c4cc(Cl)ccc4OCCNC(=O)C2)[C@@H]3C1=O. The van der Waals surface area contributed by atoms with Crippen molar-refractivity contribution in [3.8, 4) is 5.75 Å². The molecule has 10 nitrogen and oxygen atoms in total. The number of benzene rings is 1. The normalized spacial score (nSPS) is 30.8. The Morgan fingerprint density at radius 3 is 2.86 bits per heavy atom. The summed E-state index contributed by atoms with van der Waals surface area (Å²) in [6.07, 6.45) is 3.66. The van der Waals surface area contributed by atoms with Gasteiger partial charge < -0.3 is 29.9 Å². The quantitative estimate of drug-likeness (QED) is 0.530. The molecule has 1 spiro atoms. The first-order chi connectivity index (χ1) is 16.8. The summed E-state index contributed by atoms with van der Waals surface area (Å²) >= 11 is 6.06. The summed E-state index contributed by atoms with van der Waals surface area (Å²) in [5, 5.41) is 5.98. The summed E-state index contributed by atoms with van der Waals surface area (Å²) in [6.45, 7) is 1.09. The average molecular weight is 503 g/mol. The lowest BCUT2D eigenvalue weighted by Gasteiger charge is -2.30. The van der Waals surface area contributed by atoms with Gasteiger partial charge in [0.1, 0.15) is 18.0 Å². The van der Waals surface area contributed by atoms with Crippen molar-refractivity contribution in [1.82, 2.24) is 20.4 Å². The van der Waals surface area contributed by atoms with Crippen LogP contribution in [0.25, 0.3) is 0 Å². The van der Waals surface area contributed by atoms with Crippen LogP contribution < -0.4 is 15.4 Å². The van der Waals surface area contributed by atoms with Gasteiger partial charge >= 0.3 is 0 Å². The number of hydrogen-bond acceptors (Lipinski definition) is 6. The number of hydrogen-bond donors (Lipinski definition) is 2. The van der Waals surface area contributed by atoms with Crippen molar-refractivity contribution in [3.05, 3.63) is 40.9 Å². The Bertz CT molecular complexity index is 1110. The Kier molecular flexibility index (Phi) is 6.18. The third kappa shape index (κ3) is 4.25. The Balaban J connectivity index is 1.32. The van der Waals surface area contributed by atoms with Crippen molar-refractivity contribution in [2.45, 2.75) is 18.1 Å². The van der Waals surface area contributed by atoms with Gasteiger partial charge in [-0.15, -0.1) is 0 Å². The topological polar surface area (TPSA) is 117 Å². The number of fused-ring (bicyclic) bond motifs is 2. The smallest absolute Gasteiger partial charge is 0.255 e. The molecule has 0 aromatic heterocycles. The van der Waals surface area contributed by atoms with Gasteiger partial charge in [-0.25, -0.2) is 0 Å². The summed E-state index contributed by atoms with van der Waals surface area (Å²) in [5.41, 5.74) is -0.476. The van der Waals surface area contributed by atoms with Crippen LogP contribution in [0.4, 0.5) is 0 Å². The van der Waals surface area contributed by atoms with Crippen LogP contribution in [0.3, 0.4) is 0 Å². The van der Waals surface area contributed by atoms with Gasteiger partial charge in [0.2, 0.25) is 17.7 Å². The number of nitrogens with one attached hydrogen (secondary N) is 2. The van der Waals surface area contributed by atoms with Crippen LogP contribution in [0.1, 0.15) is 16.8 Å². The third-order valence-corrected chi connectivity index (χ3v) is 7.21. The number of halogens is 1. The van der Waals surface area contributed by atoms with Gasteiger partial charge in [0.25, 0.3) is 5.91 Å². The molecular weight excluding hydrogens is 476 g/mol. The summed E-state index contributed by atoms with van der Waals surface area (Å²) in [4.78, 5) is 55.0. The molecule has 2 N–H and O–H groups in total. The van der Waals surface area contributed by atoms with Gasteiger partial charge in [-0.2, -0.15) is 0 Å². The zero-order valence-corrected chi connectivity index (χ0v) is 20.0. The van der Waals surface area contributed by atoms with E-state index in [1.165, 1.54) is 11.0 Å². The summed E-state index contributed by atoms with van der Waals surface area (Å²) < 4.78 is 11.8. The van der Waals surface area contributed by atoms with E-state index in [1.807, 2.05) is 12.2 Å². The van der Waals surface area contributed by atoms with Crippen molar-refractivity contribution >= 4 is 35.2 Å². The molecule has 2 saturated heterocycles. The molecule has 4 heterocycles.